The molecule has 0 atom stereocenters. The van der Waals surface area contributed by atoms with E-state index in [2.05, 4.69) is 55.2 Å². The lowest BCUT2D eigenvalue weighted by Crippen LogP contribution is -2.40. The minimum atomic E-state index is -0.00340. The second-order valence-electron chi connectivity index (χ2n) is 11.2. The normalized spacial score (nSPS) is 16.8. The van der Waals surface area contributed by atoms with Crippen molar-refractivity contribution < 1.29 is 14.3 Å². The van der Waals surface area contributed by atoms with Crippen molar-refractivity contribution in [1.29, 1.82) is 0 Å². The topological polar surface area (TPSA) is 79.8 Å². The first kappa shape index (κ1) is 28.1. The van der Waals surface area contributed by atoms with Gasteiger partial charge in [0.25, 0.3) is 5.91 Å². The molecule has 0 saturated carbocycles. The highest BCUT2D eigenvalue weighted by molar-refractivity contribution is 6.00. The highest BCUT2D eigenvalue weighted by Gasteiger charge is 2.23. The molecule has 0 spiro atoms. The molecule has 5 rings (SSSR count). The maximum Gasteiger partial charge on any atom is 0.256 e. The van der Waals surface area contributed by atoms with Gasteiger partial charge in [0.2, 0.25) is 0 Å². The van der Waals surface area contributed by atoms with Gasteiger partial charge in [0.05, 0.1) is 30.6 Å². The van der Waals surface area contributed by atoms with Crippen LogP contribution in [-0.2, 0) is 11.2 Å². The third-order valence-corrected chi connectivity index (χ3v) is 7.74. The minimum absolute atomic E-state index is 0.00340. The van der Waals surface area contributed by atoms with E-state index in [0.717, 1.165) is 30.1 Å². The molecule has 0 bridgehead atoms. The Balaban J connectivity index is 1.37. The van der Waals surface area contributed by atoms with E-state index in [9.17, 15) is 4.79 Å². The van der Waals surface area contributed by atoms with Crippen LogP contribution in [0.2, 0.25) is 0 Å². The number of carbonyl (C=O) groups excluding carboxylic acids is 1. The number of benzene rings is 2. The van der Waals surface area contributed by atoms with Gasteiger partial charge < -0.3 is 24.6 Å². The van der Waals surface area contributed by atoms with E-state index in [4.69, 9.17) is 14.5 Å². The zero-order valence-electron chi connectivity index (χ0n) is 24.2. The number of hydrogen-bond donors (Lipinski definition) is 1. The number of nitrogens with zero attached hydrogens (tertiary/aromatic N) is 4. The zero-order chi connectivity index (χ0) is 28.1. The lowest BCUT2D eigenvalue weighted by atomic mass is 9.85. The first-order valence-corrected chi connectivity index (χ1v) is 14.4. The molecule has 0 radical (unpaired) electrons. The van der Waals surface area contributed by atoms with Crippen LogP contribution in [0.25, 0.3) is 0 Å². The molecular formula is C32H41N5O3. The molecule has 8 heteroatoms. The van der Waals surface area contributed by atoms with Crippen molar-refractivity contribution in [2.75, 3.05) is 51.8 Å². The van der Waals surface area contributed by atoms with Crippen molar-refractivity contribution in [3.8, 4) is 5.75 Å². The number of piperidine rings is 1. The average Bonchev–Trinajstić information content (AvgIpc) is 2.95. The van der Waals surface area contributed by atoms with Gasteiger partial charge in [0.1, 0.15) is 17.4 Å². The molecule has 2 aliphatic heterocycles. The van der Waals surface area contributed by atoms with Gasteiger partial charge in [-0.2, -0.15) is 0 Å². The van der Waals surface area contributed by atoms with Crippen LogP contribution in [0.1, 0.15) is 65.5 Å². The van der Waals surface area contributed by atoms with Gasteiger partial charge in [0, 0.05) is 31.3 Å². The number of likely N-dealkylation sites (tertiary alicyclic amines) is 1. The zero-order valence-corrected chi connectivity index (χ0v) is 24.2. The second-order valence-corrected chi connectivity index (χ2v) is 11.2. The molecule has 40 heavy (non-hydrogen) atoms. The predicted molar refractivity (Wildman–Crippen MR) is 158 cm³/mol. The molecule has 212 valence electrons. The summed E-state index contributed by atoms with van der Waals surface area (Å²) in [5.74, 6) is 2.82. The standard InChI is InChI=1S/C32H41N5O3/c1-22(2)40-29-21-27(24-10-13-36(4)14-11-24)23(3)19-25(29)20-31-33-12-9-30(35-31)34-28-8-6-5-7-26(28)32(38)37-15-17-39-18-16-37/h5-9,12,19,21-22,24H,10-11,13-18,20H2,1-4H3,(H,33,34,35). The number of hydrogen-bond acceptors (Lipinski definition) is 7. The van der Waals surface area contributed by atoms with Crippen LogP contribution in [0.5, 0.6) is 5.75 Å². The SMILES string of the molecule is Cc1cc(Cc2nccc(Nc3ccccc3C(=O)N3CCOCC3)n2)c(OC(C)C)cc1C1CCN(C)CC1. The van der Waals surface area contributed by atoms with Gasteiger partial charge >= 0.3 is 0 Å². The molecule has 2 aliphatic rings. The molecule has 1 N–H and O–H groups in total. The molecule has 2 aromatic carbocycles. The number of anilines is 2. The van der Waals surface area contributed by atoms with Gasteiger partial charge in [-0.1, -0.05) is 18.2 Å². The Morgan fingerprint density at radius 2 is 1.85 bits per heavy atom. The summed E-state index contributed by atoms with van der Waals surface area (Å²) >= 11 is 0. The lowest BCUT2D eigenvalue weighted by molar-refractivity contribution is 0.0303. The number of aromatic nitrogens is 2. The monoisotopic (exact) mass is 543 g/mol. The van der Waals surface area contributed by atoms with Crippen molar-refractivity contribution in [3.63, 3.8) is 0 Å². The van der Waals surface area contributed by atoms with E-state index in [-0.39, 0.29) is 12.0 Å². The van der Waals surface area contributed by atoms with Crippen LogP contribution in [-0.4, -0.2) is 78.2 Å². The van der Waals surface area contributed by atoms with Crippen LogP contribution in [0, 0.1) is 6.92 Å². The van der Waals surface area contributed by atoms with E-state index in [0.29, 0.717) is 55.8 Å². The molecule has 1 amide bonds. The fraction of sp³-hybridized carbons (Fsp3) is 0.469. The molecular weight excluding hydrogens is 502 g/mol. The summed E-state index contributed by atoms with van der Waals surface area (Å²) in [7, 11) is 2.20. The number of ether oxygens (including phenoxy) is 2. The highest BCUT2D eigenvalue weighted by Crippen LogP contribution is 2.35. The van der Waals surface area contributed by atoms with Gasteiger partial charge in [-0.3, -0.25) is 4.79 Å². The van der Waals surface area contributed by atoms with E-state index in [1.807, 2.05) is 35.2 Å². The molecule has 2 saturated heterocycles. The summed E-state index contributed by atoms with van der Waals surface area (Å²) in [4.78, 5) is 26.9. The molecule has 0 aliphatic carbocycles. The van der Waals surface area contributed by atoms with Crippen molar-refractivity contribution in [1.82, 2.24) is 19.8 Å². The van der Waals surface area contributed by atoms with Gasteiger partial charge in [-0.15, -0.1) is 0 Å². The Labute approximate surface area is 237 Å². The molecule has 3 aromatic rings. The van der Waals surface area contributed by atoms with E-state index in [1.165, 1.54) is 24.0 Å². The van der Waals surface area contributed by atoms with E-state index >= 15 is 0 Å². The number of nitrogens with one attached hydrogen (secondary N) is 1. The number of amides is 1. The van der Waals surface area contributed by atoms with Crippen LogP contribution in [0.15, 0.2) is 48.7 Å². The van der Waals surface area contributed by atoms with Gasteiger partial charge in [-0.25, -0.2) is 9.97 Å². The van der Waals surface area contributed by atoms with Crippen LogP contribution >= 0.6 is 0 Å². The third-order valence-electron chi connectivity index (χ3n) is 7.74. The fourth-order valence-corrected chi connectivity index (χ4v) is 5.60. The average molecular weight is 544 g/mol. The molecule has 1 aromatic heterocycles. The maximum absolute atomic E-state index is 13.2. The number of para-hydroxylation sites is 1. The quantitative estimate of drug-likeness (QED) is 0.419. The first-order valence-electron chi connectivity index (χ1n) is 14.4. The summed E-state index contributed by atoms with van der Waals surface area (Å²) in [6, 6.07) is 13.9. The number of carbonyl (C=O) groups is 1. The Kier molecular flexibility index (Phi) is 8.97. The minimum Gasteiger partial charge on any atom is -0.491 e. The van der Waals surface area contributed by atoms with Gasteiger partial charge in [0.15, 0.2) is 0 Å². The summed E-state index contributed by atoms with van der Waals surface area (Å²) in [6.45, 7) is 10.9. The van der Waals surface area contributed by atoms with Crippen LogP contribution < -0.4 is 10.1 Å². The Morgan fingerprint density at radius 3 is 2.60 bits per heavy atom. The van der Waals surface area contributed by atoms with Crippen LogP contribution in [0.3, 0.4) is 0 Å². The summed E-state index contributed by atoms with van der Waals surface area (Å²) < 4.78 is 11.7. The Morgan fingerprint density at radius 1 is 1.10 bits per heavy atom. The molecule has 3 heterocycles. The number of morpholine rings is 1. The fourth-order valence-electron chi connectivity index (χ4n) is 5.60. The maximum atomic E-state index is 13.2. The Hall–Kier alpha value is -3.49. The first-order chi connectivity index (χ1) is 19.4. The summed E-state index contributed by atoms with van der Waals surface area (Å²) in [5.41, 5.74) is 5.13. The summed E-state index contributed by atoms with van der Waals surface area (Å²) in [5, 5.41) is 3.37. The second kappa shape index (κ2) is 12.8. The highest BCUT2D eigenvalue weighted by atomic mass is 16.5. The number of rotatable bonds is 8. The van der Waals surface area contributed by atoms with Crippen molar-refractivity contribution >= 4 is 17.4 Å². The van der Waals surface area contributed by atoms with Gasteiger partial charge in [-0.05, 0) is 95.1 Å². The van der Waals surface area contributed by atoms with Crippen molar-refractivity contribution in [2.24, 2.45) is 0 Å². The lowest BCUT2D eigenvalue weighted by Gasteiger charge is -2.30. The molecule has 8 nitrogen and oxygen atoms in total. The van der Waals surface area contributed by atoms with Crippen LogP contribution in [0.4, 0.5) is 11.5 Å². The Bertz CT molecular complexity index is 1310. The molecule has 0 unspecified atom stereocenters. The van der Waals surface area contributed by atoms with Crippen molar-refractivity contribution in [3.05, 3.63) is 76.7 Å². The number of aryl methyl sites for hydroxylation is 1. The molecule has 2 fully saturated rings. The van der Waals surface area contributed by atoms with Crippen molar-refractivity contribution in [2.45, 2.75) is 52.1 Å². The van der Waals surface area contributed by atoms with E-state index in [1.54, 1.807) is 6.20 Å². The largest absolute Gasteiger partial charge is 0.491 e. The summed E-state index contributed by atoms with van der Waals surface area (Å²) in [6.07, 6.45) is 4.73. The van der Waals surface area contributed by atoms with E-state index < -0.39 is 0 Å². The third kappa shape index (κ3) is 6.80. The predicted octanol–water partition coefficient (Wildman–Crippen LogP) is 5.19. The smallest absolute Gasteiger partial charge is 0.256 e.